The van der Waals surface area contributed by atoms with Gasteiger partial charge in [0.15, 0.2) is 0 Å². The lowest BCUT2D eigenvalue weighted by Gasteiger charge is -2.15. The van der Waals surface area contributed by atoms with Crippen molar-refractivity contribution in [2.24, 2.45) is 0 Å². The van der Waals surface area contributed by atoms with Crippen molar-refractivity contribution in [1.82, 2.24) is 10.6 Å². The molecule has 0 spiro atoms. The van der Waals surface area contributed by atoms with E-state index in [-0.39, 0.29) is 0 Å². The van der Waals surface area contributed by atoms with E-state index in [4.69, 9.17) is 4.74 Å². The molecule has 0 aliphatic heterocycles. The quantitative estimate of drug-likeness (QED) is 0.487. The lowest BCUT2D eigenvalue weighted by molar-refractivity contribution is -0.142. The highest BCUT2D eigenvalue weighted by Crippen LogP contribution is 1.91. The van der Waals surface area contributed by atoms with E-state index in [0.29, 0.717) is 13.2 Å². The number of carbonyl (C=O) groups excluding carboxylic acids is 2. The Hall–Kier alpha value is -1.30. The second kappa shape index (κ2) is 8.96. The van der Waals surface area contributed by atoms with Crippen LogP contribution in [-0.4, -0.2) is 45.4 Å². The standard InChI is InChI=1S/C10H20N2O4/c1-4-5-6-16-10(14)12-8(7-11-2)9(13)15-3/h8,11H,4-7H2,1-3H3,(H,12,14)/t8-/m0/s1. The minimum atomic E-state index is -0.718. The monoisotopic (exact) mass is 232 g/mol. The average molecular weight is 232 g/mol. The summed E-state index contributed by atoms with van der Waals surface area (Å²) in [6.45, 7) is 2.66. The third-order valence-corrected chi connectivity index (χ3v) is 1.92. The van der Waals surface area contributed by atoms with Crippen LogP contribution < -0.4 is 10.6 Å². The number of carbonyl (C=O) groups is 2. The van der Waals surface area contributed by atoms with E-state index >= 15 is 0 Å². The van der Waals surface area contributed by atoms with Crippen LogP contribution in [-0.2, 0) is 14.3 Å². The molecule has 0 rings (SSSR count). The van der Waals surface area contributed by atoms with E-state index in [1.165, 1.54) is 7.11 Å². The number of unbranched alkanes of at least 4 members (excludes halogenated alkanes) is 1. The van der Waals surface area contributed by atoms with E-state index in [2.05, 4.69) is 15.4 Å². The molecule has 0 radical (unpaired) electrons. The Kier molecular flexibility index (Phi) is 8.24. The van der Waals surface area contributed by atoms with Crippen LogP contribution in [0.4, 0.5) is 4.79 Å². The van der Waals surface area contributed by atoms with Crippen molar-refractivity contribution in [3.8, 4) is 0 Å². The zero-order valence-electron chi connectivity index (χ0n) is 10.0. The molecule has 6 heteroatoms. The lowest BCUT2D eigenvalue weighted by atomic mass is 10.3. The molecule has 0 saturated heterocycles. The SMILES string of the molecule is CCCCOC(=O)N[C@@H](CNC)C(=O)OC. The Bertz CT molecular complexity index is 221. The van der Waals surface area contributed by atoms with Gasteiger partial charge in [-0.05, 0) is 13.5 Å². The molecule has 1 atom stereocenters. The average Bonchev–Trinajstić information content (AvgIpc) is 2.28. The number of rotatable bonds is 7. The van der Waals surface area contributed by atoms with Crippen LogP contribution in [0.5, 0.6) is 0 Å². The molecular formula is C10H20N2O4. The highest BCUT2D eigenvalue weighted by molar-refractivity contribution is 5.81. The Balaban J connectivity index is 3.97. The van der Waals surface area contributed by atoms with Gasteiger partial charge in [0.25, 0.3) is 0 Å². The van der Waals surface area contributed by atoms with Gasteiger partial charge in [-0.1, -0.05) is 13.3 Å². The van der Waals surface area contributed by atoms with E-state index in [1.807, 2.05) is 6.92 Å². The zero-order chi connectivity index (χ0) is 12.4. The third kappa shape index (κ3) is 6.23. The number of methoxy groups -OCH3 is 1. The van der Waals surface area contributed by atoms with Crippen LogP contribution >= 0.6 is 0 Å². The smallest absolute Gasteiger partial charge is 0.407 e. The molecule has 16 heavy (non-hydrogen) atoms. The maximum absolute atomic E-state index is 11.3. The van der Waals surface area contributed by atoms with Gasteiger partial charge in [-0.3, -0.25) is 0 Å². The third-order valence-electron chi connectivity index (χ3n) is 1.92. The molecule has 0 fully saturated rings. The molecule has 0 heterocycles. The number of ether oxygens (including phenoxy) is 2. The lowest BCUT2D eigenvalue weighted by Crippen LogP contribution is -2.47. The van der Waals surface area contributed by atoms with E-state index in [9.17, 15) is 9.59 Å². The van der Waals surface area contributed by atoms with Crippen LogP contribution in [0.1, 0.15) is 19.8 Å². The van der Waals surface area contributed by atoms with Gasteiger partial charge in [0.1, 0.15) is 6.04 Å². The van der Waals surface area contributed by atoms with Gasteiger partial charge < -0.3 is 20.1 Å². The van der Waals surface area contributed by atoms with Crippen molar-refractivity contribution in [2.45, 2.75) is 25.8 Å². The minimum Gasteiger partial charge on any atom is -0.467 e. The van der Waals surface area contributed by atoms with Crippen molar-refractivity contribution in [2.75, 3.05) is 27.3 Å². The predicted molar refractivity (Wildman–Crippen MR) is 59.1 cm³/mol. The second-order valence-electron chi connectivity index (χ2n) is 3.27. The zero-order valence-corrected chi connectivity index (χ0v) is 10.0. The minimum absolute atomic E-state index is 0.301. The van der Waals surface area contributed by atoms with Crippen molar-refractivity contribution in [1.29, 1.82) is 0 Å². The molecule has 0 aromatic heterocycles. The van der Waals surface area contributed by atoms with Gasteiger partial charge in [-0.2, -0.15) is 0 Å². The molecule has 0 aromatic rings. The van der Waals surface area contributed by atoms with Crippen molar-refractivity contribution in [3.63, 3.8) is 0 Å². The first-order valence-corrected chi connectivity index (χ1v) is 5.31. The summed E-state index contributed by atoms with van der Waals surface area (Å²) in [7, 11) is 2.95. The summed E-state index contributed by atoms with van der Waals surface area (Å²) < 4.78 is 9.41. The summed E-state index contributed by atoms with van der Waals surface area (Å²) in [5.74, 6) is -0.498. The number of likely N-dealkylation sites (N-methyl/N-ethyl adjacent to an activating group) is 1. The van der Waals surface area contributed by atoms with Crippen LogP contribution in [0.3, 0.4) is 0 Å². The van der Waals surface area contributed by atoms with Crippen LogP contribution in [0.15, 0.2) is 0 Å². The highest BCUT2D eigenvalue weighted by atomic mass is 16.6. The molecule has 1 amide bonds. The maximum atomic E-state index is 11.3. The molecule has 0 saturated carbocycles. The predicted octanol–water partition coefficient (Wildman–Crippen LogP) is 0.274. The van der Waals surface area contributed by atoms with Crippen molar-refractivity contribution in [3.05, 3.63) is 0 Å². The van der Waals surface area contributed by atoms with Gasteiger partial charge in [0, 0.05) is 6.54 Å². The van der Waals surface area contributed by atoms with E-state index in [1.54, 1.807) is 7.05 Å². The van der Waals surface area contributed by atoms with Crippen molar-refractivity contribution < 1.29 is 19.1 Å². The molecule has 0 unspecified atom stereocenters. The van der Waals surface area contributed by atoms with E-state index < -0.39 is 18.1 Å². The Morgan fingerprint density at radius 2 is 2.06 bits per heavy atom. The largest absolute Gasteiger partial charge is 0.467 e. The molecule has 2 N–H and O–H groups in total. The van der Waals surface area contributed by atoms with Gasteiger partial charge in [0.2, 0.25) is 0 Å². The fraction of sp³-hybridized carbons (Fsp3) is 0.800. The summed E-state index contributed by atoms with van der Waals surface area (Å²) in [5, 5.41) is 5.21. The normalized spacial score (nSPS) is 11.7. The van der Waals surface area contributed by atoms with Crippen LogP contribution in [0.2, 0.25) is 0 Å². The summed E-state index contributed by atoms with van der Waals surface area (Å²) in [5.41, 5.74) is 0. The number of esters is 1. The van der Waals surface area contributed by atoms with Gasteiger partial charge in [-0.15, -0.1) is 0 Å². The summed E-state index contributed by atoms with van der Waals surface area (Å²) in [4.78, 5) is 22.5. The van der Waals surface area contributed by atoms with Crippen LogP contribution in [0, 0.1) is 0 Å². The summed E-state index contributed by atoms with van der Waals surface area (Å²) in [6.07, 6.45) is 1.16. The van der Waals surface area contributed by atoms with Crippen molar-refractivity contribution >= 4 is 12.1 Å². The fourth-order valence-corrected chi connectivity index (χ4v) is 1.03. The van der Waals surface area contributed by atoms with Crippen LogP contribution in [0.25, 0.3) is 0 Å². The number of hydrogen-bond donors (Lipinski definition) is 2. The number of hydrogen-bond acceptors (Lipinski definition) is 5. The Morgan fingerprint density at radius 3 is 2.56 bits per heavy atom. The van der Waals surface area contributed by atoms with E-state index in [0.717, 1.165) is 12.8 Å². The van der Waals surface area contributed by atoms with Gasteiger partial charge in [-0.25, -0.2) is 9.59 Å². The fourth-order valence-electron chi connectivity index (χ4n) is 1.03. The van der Waals surface area contributed by atoms with Gasteiger partial charge >= 0.3 is 12.1 Å². The molecular weight excluding hydrogens is 212 g/mol. The molecule has 0 aliphatic carbocycles. The Labute approximate surface area is 95.7 Å². The van der Waals surface area contributed by atoms with Gasteiger partial charge in [0.05, 0.1) is 13.7 Å². The summed E-state index contributed by atoms with van der Waals surface area (Å²) in [6, 6.07) is -0.718. The topological polar surface area (TPSA) is 76.7 Å². The number of nitrogens with one attached hydrogen (secondary N) is 2. The Morgan fingerprint density at radius 1 is 1.38 bits per heavy atom. The molecule has 6 nitrogen and oxygen atoms in total. The first kappa shape index (κ1) is 14.7. The molecule has 0 aliphatic rings. The first-order chi connectivity index (χ1) is 7.65. The molecule has 0 bridgehead atoms. The highest BCUT2D eigenvalue weighted by Gasteiger charge is 2.20. The maximum Gasteiger partial charge on any atom is 0.407 e. The molecule has 0 aromatic carbocycles. The molecule has 94 valence electrons. The summed E-state index contributed by atoms with van der Waals surface area (Å²) >= 11 is 0. The number of amides is 1. The second-order valence-corrected chi connectivity index (χ2v) is 3.27. The first-order valence-electron chi connectivity index (χ1n) is 5.31. The number of alkyl carbamates (subject to hydrolysis) is 1.